The number of nitrogens with one attached hydrogen (secondary N) is 2. The number of rotatable bonds is 15. The fraction of sp³-hybridized carbons (Fsp3) is 0.535. The van der Waals surface area contributed by atoms with E-state index in [0.29, 0.717) is 24.0 Å². The van der Waals surface area contributed by atoms with Gasteiger partial charge in [-0.25, -0.2) is 28.0 Å². The predicted octanol–water partition coefficient (Wildman–Crippen LogP) is 4.57. The second-order valence-electron chi connectivity index (χ2n) is 16.5. The highest BCUT2D eigenvalue weighted by atomic mass is 19.3. The van der Waals surface area contributed by atoms with Crippen LogP contribution in [0.25, 0.3) is 11.1 Å². The molecule has 5 rings (SSSR count). The molecular weight excluding hydrogens is 802 g/mol. The molecule has 1 aliphatic carbocycles. The van der Waals surface area contributed by atoms with Gasteiger partial charge in [0.1, 0.15) is 24.2 Å². The zero-order valence-electron chi connectivity index (χ0n) is 35.0. The maximum atomic E-state index is 14.0. The molecular formula is C43H52F2N4O12. The lowest BCUT2D eigenvalue weighted by atomic mass is 9.65. The molecule has 2 heterocycles. The van der Waals surface area contributed by atoms with E-state index in [2.05, 4.69) is 20.1 Å². The maximum Gasteiger partial charge on any atom is 0.407 e. The van der Waals surface area contributed by atoms with Gasteiger partial charge in [-0.3, -0.25) is 19.2 Å². The van der Waals surface area contributed by atoms with Crippen LogP contribution in [0.2, 0.25) is 0 Å². The molecule has 4 atom stereocenters. The first-order chi connectivity index (χ1) is 28.8. The highest BCUT2D eigenvalue weighted by Crippen LogP contribution is 2.58. The van der Waals surface area contributed by atoms with Crippen molar-refractivity contribution < 1.29 is 66.1 Å². The largest absolute Gasteiger partial charge is 0.456 e. The summed E-state index contributed by atoms with van der Waals surface area (Å²) in [4.78, 5) is 106. The molecule has 3 fully saturated rings. The molecule has 2 aromatic carbocycles. The quantitative estimate of drug-likeness (QED) is 0.144. The zero-order chi connectivity index (χ0) is 44.8. The lowest BCUT2D eigenvalue weighted by molar-refractivity contribution is -0.159. The summed E-state index contributed by atoms with van der Waals surface area (Å²) in [5.74, 6) is -7.40. The number of alkyl halides is 2. The Bertz CT molecular complexity index is 2000. The van der Waals surface area contributed by atoms with Crippen LogP contribution < -0.4 is 10.6 Å². The van der Waals surface area contributed by atoms with Crippen LogP contribution in [0.4, 0.5) is 18.4 Å². The molecule has 2 saturated heterocycles. The number of benzene rings is 2. The third-order valence-electron chi connectivity index (χ3n) is 11.4. The van der Waals surface area contributed by atoms with Crippen molar-refractivity contribution in [3.05, 3.63) is 59.7 Å². The van der Waals surface area contributed by atoms with E-state index in [4.69, 9.17) is 9.47 Å². The first kappa shape index (κ1) is 46.1. The molecule has 330 valence electrons. The molecule has 16 nitrogen and oxygen atoms in total. The van der Waals surface area contributed by atoms with Gasteiger partial charge >= 0.3 is 24.1 Å². The lowest BCUT2D eigenvalue weighted by Crippen LogP contribution is -2.55. The molecule has 0 aromatic heterocycles. The van der Waals surface area contributed by atoms with E-state index < -0.39 is 115 Å². The summed E-state index contributed by atoms with van der Waals surface area (Å²) in [7, 11) is 2.32. The van der Waals surface area contributed by atoms with Crippen molar-refractivity contribution in [2.45, 2.75) is 89.9 Å². The van der Waals surface area contributed by atoms with Crippen molar-refractivity contribution in [1.29, 1.82) is 0 Å². The molecule has 3 aliphatic rings. The van der Waals surface area contributed by atoms with Crippen molar-refractivity contribution >= 4 is 47.5 Å². The SMILES string of the molecule is COC(=O)NC(C(=O)N1CCCC1C(=O)OCC(=O)c1ccc(-c2ccc(C(=O)COC(=O)C3CC4(CN3C(=O)C(NC(=O)OC)C(C)C)CC(F)(F)C4)cc2)cc1)C(C)C. The number of nitrogens with zero attached hydrogens (tertiary/aromatic N) is 2. The Morgan fingerprint density at radius 3 is 1.51 bits per heavy atom. The van der Waals surface area contributed by atoms with Gasteiger partial charge in [-0.2, -0.15) is 0 Å². The Morgan fingerprint density at radius 1 is 0.672 bits per heavy atom. The molecule has 2 N–H and O–H groups in total. The van der Waals surface area contributed by atoms with Crippen LogP contribution in [0.15, 0.2) is 48.5 Å². The standard InChI is InChI=1S/C43H52F2N4O12/c1-24(2)34(46-40(56)58-5)36(52)48-17-7-8-30(48)38(54)60-19-32(50)28-13-9-26(10-14-28)27-11-15-29(16-12-27)33(51)20-61-39(55)31-18-42(21-43(44,45)22-42)23-49(31)37(53)35(25(3)4)47-41(57)59-6/h9-16,24-25,30-31,34-35H,7-8,17-23H2,1-6H3,(H,46,56)(H,47,57). The summed E-state index contributed by atoms with van der Waals surface area (Å²) in [5.41, 5.74) is 0.866. The van der Waals surface area contributed by atoms with Gasteiger partial charge in [-0.1, -0.05) is 76.2 Å². The summed E-state index contributed by atoms with van der Waals surface area (Å²) in [5, 5.41) is 4.96. The van der Waals surface area contributed by atoms with E-state index in [-0.39, 0.29) is 36.6 Å². The van der Waals surface area contributed by atoms with E-state index in [1.165, 1.54) is 24.1 Å². The number of methoxy groups -OCH3 is 2. The highest BCUT2D eigenvalue weighted by Gasteiger charge is 2.63. The molecule has 0 bridgehead atoms. The summed E-state index contributed by atoms with van der Waals surface area (Å²) >= 11 is 0. The Hall–Kier alpha value is -5.94. The minimum absolute atomic E-state index is 0.0755. The number of hydrogen-bond donors (Lipinski definition) is 2. The second kappa shape index (κ2) is 19.2. The number of alkyl carbamates (subject to hydrolysis) is 2. The molecule has 0 radical (unpaired) electrons. The number of carbonyl (C=O) groups is 8. The zero-order valence-corrected chi connectivity index (χ0v) is 35.0. The van der Waals surface area contributed by atoms with Gasteiger partial charge in [0, 0.05) is 42.5 Å². The summed E-state index contributed by atoms with van der Waals surface area (Å²) < 4.78 is 48.0. The van der Waals surface area contributed by atoms with Crippen LogP contribution in [0.3, 0.4) is 0 Å². The van der Waals surface area contributed by atoms with E-state index in [9.17, 15) is 47.1 Å². The minimum atomic E-state index is -2.93. The van der Waals surface area contributed by atoms with Crippen molar-refractivity contribution in [2.75, 3.05) is 40.5 Å². The fourth-order valence-electron chi connectivity index (χ4n) is 8.16. The summed E-state index contributed by atoms with van der Waals surface area (Å²) in [6.07, 6.45) is -1.84. The number of carbonyl (C=O) groups excluding carboxylic acids is 8. The van der Waals surface area contributed by atoms with Gasteiger partial charge in [-0.15, -0.1) is 0 Å². The maximum absolute atomic E-state index is 14.0. The van der Waals surface area contributed by atoms with Crippen molar-refractivity contribution in [1.82, 2.24) is 20.4 Å². The third-order valence-corrected chi connectivity index (χ3v) is 11.4. The Morgan fingerprint density at radius 2 is 1.10 bits per heavy atom. The Kier molecular flexibility index (Phi) is 14.5. The van der Waals surface area contributed by atoms with Gasteiger partial charge in [0.25, 0.3) is 0 Å². The van der Waals surface area contributed by atoms with E-state index in [0.717, 1.165) is 12.0 Å². The Labute approximate surface area is 351 Å². The number of hydrogen-bond acceptors (Lipinski definition) is 12. The highest BCUT2D eigenvalue weighted by molar-refractivity contribution is 6.00. The molecule has 61 heavy (non-hydrogen) atoms. The number of halogens is 2. The van der Waals surface area contributed by atoms with Crippen molar-refractivity contribution in [3.8, 4) is 11.1 Å². The van der Waals surface area contributed by atoms with Gasteiger partial charge in [0.05, 0.1) is 14.2 Å². The first-order valence-electron chi connectivity index (χ1n) is 20.1. The number of likely N-dealkylation sites (tertiary alicyclic amines) is 2. The predicted molar refractivity (Wildman–Crippen MR) is 212 cm³/mol. The van der Waals surface area contributed by atoms with Crippen LogP contribution in [0.5, 0.6) is 0 Å². The van der Waals surface area contributed by atoms with E-state index in [1.54, 1.807) is 64.1 Å². The lowest BCUT2D eigenvalue weighted by Gasteiger charge is -2.44. The topological polar surface area (TPSA) is 204 Å². The van der Waals surface area contributed by atoms with Gasteiger partial charge in [0.2, 0.25) is 17.7 Å². The van der Waals surface area contributed by atoms with E-state index >= 15 is 0 Å². The van der Waals surface area contributed by atoms with E-state index in [1.807, 2.05) is 0 Å². The minimum Gasteiger partial charge on any atom is -0.456 e. The number of ether oxygens (including phenoxy) is 4. The fourth-order valence-corrected chi connectivity index (χ4v) is 8.16. The van der Waals surface area contributed by atoms with Gasteiger partial charge in [-0.05, 0) is 42.2 Å². The van der Waals surface area contributed by atoms with Crippen LogP contribution in [0, 0.1) is 17.3 Å². The monoisotopic (exact) mass is 854 g/mol. The summed E-state index contributed by atoms with van der Waals surface area (Å²) in [6.45, 7) is 5.79. The normalized spacial score (nSPS) is 19.7. The van der Waals surface area contributed by atoms with Gasteiger partial charge < -0.3 is 39.4 Å². The van der Waals surface area contributed by atoms with Crippen LogP contribution in [-0.2, 0) is 38.1 Å². The molecule has 4 unspecified atom stereocenters. The second-order valence-corrected chi connectivity index (χ2v) is 16.5. The Balaban J connectivity index is 1.15. The van der Waals surface area contributed by atoms with Crippen LogP contribution in [0.1, 0.15) is 80.5 Å². The first-order valence-corrected chi connectivity index (χ1v) is 20.1. The molecule has 1 saturated carbocycles. The van der Waals surface area contributed by atoms with Crippen molar-refractivity contribution in [3.63, 3.8) is 0 Å². The number of amides is 4. The summed E-state index contributed by atoms with van der Waals surface area (Å²) in [6, 6.07) is 8.68. The number of ketones is 2. The van der Waals surface area contributed by atoms with Gasteiger partial charge in [0.15, 0.2) is 24.8 Å². The number of Topliss-reactive ketones (excluding diaryl/α,β-unsaturated/α-hetero) is 2. The van der Waals surface area contributed by atoms with Crippen LogP contribution in [-0.4, -0.2) is 128 Å². The average Bonchev–Trinajstić information content (AvgIpc) is 3.88. The molecule has 2 aromatic rings. The third kappa shape index (κ3) is 10.9. The number of esters is 2. The van der Waals surface area contributed by atoms with Crippen LogP contribution >= 0.6 is 0 Å². The molecule has 1 spiro atoms. The molecule has 4 amide bonds. The molecule has 18 heteroatoms. The van der Waals surface area contributed by atoms with Crippen molar-refractivity contribution in [2.24, 2.45) is 17.3 Å². The smallest absolute Gasteiger partial charge is 0.407 e. The molecule has 2 aliphatic heterocycles. The average molecular weight is 855 g/mol.